The van der Waals surface area contributed by atoms with Crippen molar-refractivity contribution in [2.75, 3.05) is 17.8 Å². The van der Waals surface area contributed by atoms with Crippen molar-refractivity contribution < 1.29 is 29.1 Å². The van der Waals surface area contributed by atoms with Crippen molar-refractivity contribution in [3.63, 3.8) is 0 Å². The minimum absolute atomic E-state index is 0.0943. The average Bonchev–Trinajstić information content (AvgIpc) is 2.72. The van der Waals surface area contributed by atoms with E-state index in [1.54, 1.807) is 13.8 Å². The highest BCUT2D eigenvalue weighted by Gasteiger charge is 2.33. The fourth-order valence-corrected chi connectivity index (χ4v) is 3.12. The third kappa shape index (κ3) is 10.7. The molecule has 5 unspecified atom stereocenters. The van der Waals surface area contributed by atoms with Gasteiger partial charge < -0.3 is 32.5 Å². The summed E-state index contributed by atoms with van der Waals surface area (Å²) in [5.74, 6) is -3.93. The smallest absolute Gasteiger partial charge is 0.326 e. The van der Waals surface area contributed by atoms with Gasteiger partial charge in [-0.3, -0.25) is 19.2 Å². The zero-order valence-electron chi connectivity index (χ0n) is 17.9. The molecule has 178 valence electrons. The van der Waals surface area contributed by atoms with E-state index in [-0.39, 0.29) is 11.7 Å². The number of aliphatic carboxylic acids is 1. The molecule has 13 heteroatoms. The van der Waals surface area contributed by atoms with Crippen LogP contribution in [0.4, 0.5) is 0 Å². The molecule has 0 aromatic rings. The van der Waals surface area contributed by atoms with Crippen LogP contribution in [0.5, 0.6) is 0 Å². The molecule has 11 nitrogen and oxygen atoms in total. The minimum atomic E-state index is -1.52. The number of nitrogens with one attached hydrogen (secondary N) is 3. The summed E-state index contributed by atoms with van der Waals surface area (Å²) in [7, 11) is 0. The molecule has 0 saturated heterocycles. The third-order valence-electron chi connectivity index (χ3n) is 4.59. The summed E-state index contributed by atoms with van der Waals surface area (Å²) in [6.45, 7) is 3.51. The van der Waals surface area contributed by atoms with E-state index in [0.29, 0.717) is 18.6 Å². The van der Waals surface area contributed by atoms with Crippen molar-refractivity contribution in [1.29, 1.82) is 0 Å². The van der Waals surface area contributed by atoms with Crippen LogP contribution < -0.4 is 27.4 Å². The van der Waals surface area contributed by atoms with Gasteiger partial charge in [-0.2, -0.15) is 24.4 Å². The van der Waals surface area contributed by atoms with Crippen LogP contribution >= 0.6 is 24.4 Å². The van der Waals surface area contributed by atoms with Gasteiger partial charge >= 0.3 is 5.97 Å². The number of carboxylic acids is 1. The molecular formula is C18H33N5O6S2. The number of primary amides is 1. The maximum absolute atomic E-state index is 12.9. The highest BCUT2D eigenvalue weighted by Crippen LogP contribution is 2.11. The van der Waals surface area contributed by atoms with Gasteiger partial charge in [0, 0.05) is 5.75 Å². The number of rotatable bonds is 15. The fraction of sp³-hybridized carbons (Fsp3) is 0.722. The first-order chi connectivity index (χ1) is 14.5. The zero-order chi connectivity index (χ0) is 24.1. The number of carboxylic acid groups (broad SMARTS) is 1. The summed E-state index contributed by atoms with van der Waals surface area (Å²) in [6.07, 6.45) is 2.05. The van der Waals surface area contributed by atoms with Crippen molar-refractivity contribution >= 4 is 54.0 Å². The Morgan fingerprint density at radius 3 is 2.06 bits per heavy atom. The Hall–Kier alpha value is -1.99. The van der Waals surface area contributed by atoms with Gasteiger partial charge in [-0.15, -0.1) is 0 Å². The van der Waals surface area contributed by atoms with Crippen LogP contribution in [0.25, 0.3) is 0 Å². The molecule has 0 fully saturated rings. The predicted octanol–water partition coefficient (Wildman–Crippen LogP) is -1.54. The lowest BCUT2D eigenvalue weighted by Crippen LogP contribution is -2.59. The number of thioether (sulfide) groups is 1. The Morgan fingerprint density at radius 1 is 1.03 bits per heavy atom. The molecule has 0 spiro atoms. The van der Waals surface area contributed by atoms with Crippen LogP contribution in [0.3, 0.4) is 0 Å². The first-order valence-corrected chi connectivity index (χ1v) is 11.8. The molecule has 31 heavy (non-hydrogen) atoms. The van der Waals surface area contributed by atoms with Crippen LogP contribution in [0, 0.1) is 5.92 Å². The normalized spacial score (nSPS) is 15.6. The number of hydrogen-bond acceptors (Lipinski definition) is 8. The summed E-state index contributed by atoms with van der Waals surface area (Å²) < 4.78 is 0. The van der Waals surface area contributed by atoms with Crippen LogP contribution in [0.15, 0.2) is 0 Å². The Kier molecular flexibility index (Phi) is 14.0. The van der Waals surface area contributed by atoms with Crippen molar-refractivity contribution in [2.45, 2.75) is 57.3 Å². The predicted molar refractivity (Wildman–Crippen MR) is 122 cm³/mol. The molecule has 0 aliphatic rings. The number of nitrogens with two attached hydrogens (primary N) is 2. The first kappa shape index (κ1) is 29.0. The zero-order valence-corrected chi connectivity index (χ0v) is 19.6. The first-order valence-electron chi connectivity index (χ1n) is 9.75. The highest BCUT2D eigenvalue weighted by molar-refractivity contribution is 7.98. The second-order valence-electron chi connectivity index (χ2n) is 7.07. The van der Waals surface area contributed by atoms with Gasteiger partial charge in [0.15, 0.2) is 0 Å². The van der Waals surface area contributed by atoms with E-state index in [1.165, 1.54) is 11.8 Å². The van der Waals surface area contributed by atoms with Crippen LogP contribution in [-0.4, -0.2) is 76.6 Å². The van der Waals surface area contributed by atoms with Crippen molar-refractivity contribution in [3.05, 3.63) is 0 Å². The summed E-state index contributed by atoms with van der Waals surface area (Å²) in [5, 5.41) is 16.6. The molecule has 0 bridgehead atoms. The summed E-state index contributed by atoms with van der Waals surface area (Å²) >= 11 is 5.44. The minimum Gasteiger partial charge on any atom is -0.480 e. The molecular weight excluding hydrogens is 446 g/mol. The van der Waals surface area contributed by atoms with Gasteiger partial charge in [-0.25, -0.2) is 4.79 Å². The van der Waals surface area contributed by atoms with E-state index >= 15 is 0 Å². The van der Waals surface area contributed by atoms with Crippen LogP contribution in [-0.2, 0) is 24.0 Å². The lowest BCUT2D eigenvalue weighted by molar-refractivity contribution is -0.144. The van der Waals surface area contributed by atoms with Gasteiger partial charge in [0.05, 0.1) is 12.5 Å². The highest BCUT2D eigenvalue weighted by atomic mass is 32.2. The van der Waals surface area contributed by atoms with E-state index < -0.39 is 60.2 Å². The molecule has 0 saturated carbocycles. The Labute approximate surface area is 191 Å². The second kappa shape index (κ2) is 14.9. The average molecular weight is 480 g/mol. The largest absolute Gasteiger partial charge is 0.480 e. The number of carbonyl (C=O) groups excluding carboxylic acids is 4. The van der Waals surface area contributed by atoms with Gasteiger partial charge in [-0.05, 0) is 24.3 Å². The van der Waals surface area contributed by atoms with E-state index in [4.69, 9.17) is 11.5 Å². The topological polar surface area (TPSA) is 194 Å². The van der Waals surface area contributed by atoms with Gasteiger partial charge in [0.1, 0.15) is 18.1 Å². The molecule has 0 aromatic heterocycles. The quantitative estimate of drug-likeness (QED) is 0.137. The maximum Gasteiger partial charge on any atom is 0.326 e. The molecule has 0 heterocycles. The Morgan fingerprint density at radius 2 is 1.61 bits per heavy atom. The summed E-state index contributed by atoms with van der Waals surface area (Å²) in [4.78, 5) is 60.1. The van der Waals surface area contributed by atoms with Crippen LogP contribution in [0.2, 0.25) is 0 Å². The molecule has 0 aromatic carbocycles. The SMILES string of the molecule is CCC(C)C(NC(=O)C(CCSC)NC(=O)C(N)CS)C(=O)NC(CC(N)=O)C(=O)O. The number of amides is 4. The maximum atomic E-state index is 12.9. The van der Waals surface area contributed by atoms with Crippen molar-refractivity contribution in [1.82, 2.24) is 16.0 Å². The number of hydrogen-bond donors (Lipinski definition) is 7. The molecule has 0 aliphatic heterocycles. The van der Waals surface area contributed by atoms with Gasteiger partial charge in [0.2, 0.25) is 23.6 Å². The summed E-state index contributed by atoms with van der Waals surface area (Å²) in [6, 6.07) is -4.44. The van der Waals surface area contributed by atoms with E-state index in [0.717, 1.165) is 0 Å². The van der Waals surface area contributed by atoms with Crippen molar-refractivity contribution in [2.24, 2.45) is 17.4 Å². The van der Waals surface area contributed by atoms with E-state index in [2.05, 4.69) is 28.6 Å². The molecule has 0 rings (SSSR count). The summed E-state index contributed by atoms with van der Waals surface area (Å²) in [5.41, 5.74) is 10.7. The molecule has 5 atom stereocenters. The molecule has 4 amide bonds. The Balaban J connectivity index is 5.49. The lowest BCUT2D eigenvalue weighted by Gasteiger charge is -2.28. The van der Waals surface area contributed by atoms with E-state index in [1.807, 2.05) is 6.26 Å². The van der Waals surface area contributed by atoms with E-state index in [9.17, 15) is 29.1 Å². The molecule has 0 aliphatic carbocycles. The number of carbonyl (C=O) groups is 5. The Bertz CT molecular complexity index is 651. The second-order valence-corrected chi connectivity index (χ2v) is 8.42. The third-order valence-corrected chi connectivity index (χ3v) is 5.63. The lowest BCUT2D eigenvalue weighted by atomic mass is 9.97. The number of thiol groups is 1. The standard InChI is InChI=1S/C18H33N5O6S2/c1-4-9(2)14(17(27)22-12(18(28)29)7-13(20)24)23-16(26)11(5-6-31-3)21-15(25)10(19)8-30/h9-12,14,30H,4-8,19H2,1-3H3,(H2,20,24)(H,21,25)(H,22,27)(H,23,26)(H,28,29). The molecule has 8 N–H and O–H groups in total. The monoisotopic (exact) mass is 479 g/mol. The van der Waals surface area contributed by atoms with Gasteiger partial charge in [0.25, 0.3) is 0 Å². The van der Waals surface area contributed by atoms with Crippen LogP contribution in [0.1, 0.15) is 33.1 Å². The van der Waals surface area contributed by atoms with Crippen molar-refractivity contribution in [3.8, 4) is 0 Å². The molecule has 0 radical (unpaired) electrons. The van der Waals surface area contributed by atoms with Gasteiger partial charge in [-0.1, -0.05) is 20.3 Å². The fourth-order valence-electron chi connectivity index (χ4n) is 2.48.